The summed E-state index contributed by atoms with van der Waals surface area (Å²) in [5.41, 5.74) is 0.992. The lowest BCUT2D eigenvalue weighted by Gasteiger charge is -2.27. The van der Waals surface area contributed by atoms with Gasteiger partial charge in [0.05, 0.1) is 18.1 Å². The number of rotatable bonds is 5. The van der Waals surface area contributed by atoms with Gasteiger partial charge in [-0.25, -0.2) is 8.42 Å². The fourth-order valence-corrected chi connectivity index (χ4v) is 4.72. The Balaban J connectivity index is 1.57. The molecule has 3 rings (SSSR count). The number of hydrogen-bond acceptors (Lipinski definition) is 4. The first-order valence-corrected chi connectivity index (χ1v) is 10.5. The Labute approximate surface area is 149 Å². The van der Waals surface area contributed by atoms with E-state index < -0.39 is 10.0 Å². The molecule has 2 fully saturated rings. The first-order chi connectivity index (χ1) is 12.1. The van der Waals surface area contributed by atoms with Crippen molar-refractivity contribution in [1.82, 2.24) is 9.21 Å². The van der Waals surface area contributed by atoms with E-state index in [0.717, 1.165) is 31.5 Å². The second-order valence-electron chi connectivity index (χ2n) is 6.60. The summed E-state index contributed by atoms with van der Waals surface area (Å²) >= 11 is 0. The molecule has 0 spiro atoms. The number of nitrogens with zero attached hydrogens (tertiary/aromatic N) is 2. The quantitative estimate of drug-likeness (QED) is 0.795. The van der Waals surface area contributed by atoms with Gasteiger partial charge >= 0.3 is 0 Å². The summed E-state index contributed by atoms with van der Waals surface area (Å²) in [7, 11) is -3.45. The SMILES string of the molecule is O=C(CCc1ccc(S(=O)(=O)N2CCOCC2)cc1)N1CCCCC1. The van der Waals surface area contributed by atoms with Crippen molar-refractivity contribution in [3.05, 3.63) is 29.8 Å². The Morgan fingerprint density at radius 1 is 0.960 bits per heavy atom. The molecule has 0 aromatic heterocycles. The second kappa shape index (κ2) is 8.29. The van der Waals surface area contributed by atoms with E-state index in [-0.39, 0.29) is 5.91 Å². The highest BCUT2D eigenvalue weighted by molar-refractivity contribution is 7.89. The summed E-state index contributed by atoms with van der Waals surface area (Å²) in [6.45, 7) is 3.42. The molecular weight excluding hydrogens is 340 g/mol. The first kappa shape index (κ1) is 18.4. The van der Waals surface area contributed by atoms with Gasteiger partial charge in [0.2, 0.25) is 15.9 Å². The Morgan fingerprint density at radius 2 is 1.60 bits per heavy atom. The lowest BCUT2D eigenvalue weighted by molar-refractivity contribution is -0.132. The zero-order valence-corrected chi connectivity index (χ0v) is 15.3. The minimum absolute atomic E-state index is 0.199. The van der Waals surface area contributed by atoms with Crippen LogP contribution in [0.25, 0.3) is 0 Å². The average molecular weight is 366 g/mol. The van der Waals surface area contributed by atoms with E-state index in [0.29, 0.717) is 44.0 Å². The van der Waals surface area contributed by atoms with Crippen molar-refractivity contribution in [3.63, 3.8) is 0 Å². The van der Waals surface area contributed by atoms with Gasteiger partial charge in [0.15, 0.2) is 0 Å². The zero-order chi connectivity index (χ0) is 17.7. The smallest absolute Gasteiger partial charge is 0.243 e. The third-order valence-electron chi connectivity index (χ3n) is 4.87. The van der Waals surface area contributed by atoms with E-state index in [1.165, 1.54) is 10.7 Å². The number of carbonyl (C=O) groups is 1. The number of benzene rings is 1. The number of ether oxygens (including phenoxy) is 1. The number of carbonyl (C=O) groups excluding carboxylic acids is 1. The van der Waals surface area contributed by atoms with Crippen LogP contribution in [-0.2, 0) is 26.0 Å². The zero-order valence-electron chi connectivity index (χ0n) is 14.5. The lowest BCUT2D eigenvalue weighted by Crippen LogP contribution is -2.40. The number of amides is 1. The van der Waals surface area contributed by atoms with Crippen molar-refractivity contribution < 1.29 is 17.9 Å². The molecule has 1 aromatic carbocycles. The number of hydrogen-bond donors (Lipinski definition) is 0. The molecular formula is C18H26N2O4S. The monoisotopic (exact) mass is 366 g/mol. The van der Waals surface area contributed by atoms with Crippen LogP contribution in [0.5, 0.6) is 0 Å². The molecule has 0 aliphatic carbocycles. The van der Waals surface area contributed by atoms with Crippen molar-refractivity contribution in [2.24, 2.45) is 0 Å². The first-order valence-electron chi connectivity index (χ1n) is 9.02. The largest absolute Gasteiger partial charge is 0.379 e. The molecule has 0 bridgehead atoms. The highest BCUT2D eigenvalue weighted by Crippen LogP contribution is 2.18. The van der Waals surface area contributed by atoms with Crippen molar-refractivity contribution in [1.29, 1.82) is 0 Å². The molecule has 2 aliphatic rings. The predicted molar refractivity (Wildman–Crippen MR) is 94.8 cm³/mol. The maximum absolute atomic E-state index is 12.6. The fraction of sp³-hybridized carbons (Fsp3) is 0.611. The van der Waals surface area contributed by atoms with Crippen molar-refractivity contribution in [2.75, 3.05) is 39.4 Å². The molecule has 0 saturated carbocycles. The molecule has 7 heteroatoms. The van der Waals surface area contributed by atoms with Crippen LogP contribution in [-0.4, -0.2) is 62.9 Å². The number of likely N-dealkylation sites (tertiary alicyclic amines) is 1. The van der Waals surface area contributed by atoms with E-state index in [1.807, 2.05) is 17.0 Å². The molecule has 1 aromatic rings. The van der Waals surface area contributed by atoms with Gasteiger partial charge in [-0.15, -0.1) is 0 Å². The predicted octanol–water partition coefficient (Wildman–Crippen LogP) is 1.65. The van der Waals surface area contributed by atoms with E-state index >= 15 is 0 Å². The molecule has 138 valence electrons. The molecule has 0 N–H and O–H groups in total. The number of aryl methyl sites for hydroxylation is 1. The molecule has 0 radical (unpaired) electrons. The fourth-order valence-electron chi connectivity index (χ4n) is 3.32. The van der Waals surface area contributed by atoms with E-state index in [2.05, 4.69) is 0 Å². The number of sulfonamides is 1. The van der Waals surface area contributed by atoms with Crippen molar-refractivity contribution in [3.8, 4) is 0 Å². The van der Waals surface area contributed by atoms with Crippen LogP contribution in [0.1, 0.15) is 31.2 Å². The summed E-state index contributed by atoms with van der Waals surface area (Å²) in [5.74, 6) is 0.199. The van der Waals surface area contributed by atoms with Gasteiger partial charge in [0.1, 0.15) is 0 Å². The topological polar surface area (TPSA) is 66.9 Å². The third kappa shape index (κ3) is 4.59. The molecule has 6 nitrogen and oxygen atoms in total. The number of morpholine rings is 1. The summed E-state index contributed by atoms with van der Waals surface area (Å²) in [6.07, 6.45) is 4.53. The molecule has 0 unspecified atom stereocenters. The summed E-state index contributed by atoms with van der Waals surface area (Å²) in [6, 6.07) is 6.92. The normalized spacial score (nSPS) is 19.8. The molecule has 25 heavy (non-hydrogen) atoms. The third-order valence-corrected chi connectivity index (χ3v) is 6.78. The van der Waals surface area contributed by atoms with Crippen LogP contribution in [0.2, 0.25) is 0 Å². The Kier molecular flexibility index (Phi) is 6.09. The van der Waals surface area contributed by atoms with Gasteiger partial charge in [0, 0.05) is 32.6 Å². The molecule has 0 atom stereocenters. The van der Waals surface area contributed by atoms with Crippen LogP contribution >= 0.6 is 0 Å². The highest BCUT2D eigenvalue weighted by Gasteiger charge is 2.26. The van der Waals surface area contributed by atoms with Crippen LogP contribution in [0.4, 0.5) is 0 Å². The molecule has 1 amide bonds. The van der Waals surface area contributed by atoms with E-state index in [9.17, 15) is 13.2 Å². The maximum Gasteiger partial charge on any atom is 0.243 e. The van der Waals surface area contributed by atoms with E-state index in [4.69, 9.17) is 4.74 Å². The van der Waals surface area contributed by atoms with Crippen LogP contribution in [0.3, 0.4) is 0 Å². The molecule has 2 saturated heterocycles. The summed E-state index contributed by atoms with van der Waals surface area (Å²) in [5, 5.41) is 0. The Bertz CT molecular complexity index is 676. The number of piperidine rings is 1. The van der Waals surface area contributed by atoms with Gasteiger partial charge in [-0.2, -0.15) is 4.31 Å². The Hall–Kier alpha value is -1.44. The lowest BCUT2D eigenvalue weighted by atomic mass is 10.1. The average Bonchev–Trinajstić information content (AvgIpc) is 2.68. The second-order valence-corrected chi connectivity index (χ2v) is 8.54. The van der Waals surface area contributed by atoms with Gasteiger partial charge in [-0.05, 0) is 43.4 Å². The minimum Gasteiger partial charge on any atom is -0.379 e. The van der Waals surface area contributed by atoms with Crippen molar-refractivity contribution in [2.45, 2.75) is 37.0 Å². The summed E-state index contributed by atoms with van der Waals surface area (Å²) in [4.78, 5) is 14.5. The van der Waals surface area contributed by atoms with Crippen LogP contribution < -0.4 is 0 Å². The molecule has 2 heterocycles. The van der Waals surface area contributed by atoms with Crippen LogP contribution in [0, 0.1) is 0 Å². The van der Waals surface area contributed by atoms with E-state index in [1.54, 1.807) is 12.1 Å². The van der Waals surface area contributed by atoms with Crippen LogP contribution in [0.15, 0.2) is 29.2 Å². The van der Waals surface area contributed by atoms with Gasteiger partial charge < -0.3 is 9.64 Å². The van der Waals surface area contributed by atoms with Gasteiger partial charge in [0.25, 0.3) is 0 Å². The van der Waals surface area contributed by atoms with Gasteiger partial charge in [-0.3, -0.25) is 4.79 Å². The van der Waals surface area contributed by atoms with Gasteiger partial charge in [-0.1, -0.05) is 12.1 Å². The Morgan fingerprint density at radius 3 is 2.24 bits per heavy atom. The highest BCUT2D eigenvalue weighted by atomic mass is 32.2. The van der Waals surface area contributed by atoms with Crippen molar-refractivity contribution >= 4 is 15.9 Å². The maximum atomic E-state index is 12.6. The molecule has 2 aliphatic heterocycles. The minimum atomic E-state index is -3.45. The standard InChI is InChI=1S/C18H26N2O4S/c21-18(19-10-2-1-3-11-19)9-6-16-4-7-17(8-5-16)25(22,23)20-12-14-24-15-13-20/h4-5,7-8H,1-3,6,9-15H2. The summed E-state index contributed by atoms with van der Waals surface area (Å²) < 4.78 is 31.8.